The monoisotopic (exact) mass is 457 g/mol. The van der Waals surface area contributed by atoms with Crippen molar-refractivity contribution in [1.29, 1.82) is 0 Å². The summed E-state index contributed by atoms with van der Waals surface area (Å²) in [6.45, 7) is 2.29. The van der Waals surface area contributed by atoms with Crippen LogP contribution in [0.2, 0.25) is 5.02 Å². The lowest BCUT2D eigenvalue weighted by Gasteiger charge is -2.17. The Morgan fingerprint density at radius 2 is 1.94 bits per heavy atom. The molecule has 5 rings (SSSR count). The Morgan fingerprint density at radius 3 is 2.66 bits per heavy atom. The van der Waals surface area contributed by atoms with E-state index in [0.29, 0.717) is 11.6 Å². The SMILES string of the molecule is CN1CCOc2c(Cl)cc(-n3ccc4cc(F)ccc43)cc2C1.NC(=O)C1CCCCC1. The zero-order valence-corrected chi connectivity index (χ0v) is 19.1. The lowest BCUT2D eigenvalue weighted by molar-refractivity contribution is -0.122. The summed E-state index contributed by atoms with van der Waals surface area (Å²) >= 11 is 6.44. The molecule has 1 saturated carbocycles. The van der Waals surface area contributed by atoms with Crippen LogP contribution in [0.3, 0.4) is 0 Å². The van der Waals surface area contributed by atoms with Gasteiger partial charge in [0.2, 0.25) is 5.91 Å². The van der Waals surface area contributed by atoms with E-state index in [9.17, 15) is 9.18 Å². The number of nitrogens with two attached hydrogens (primary N) is 1. The minimum atomic E-state index is -0.231. The molecule has 0 radical (unpaired) electrons. The Balaban J connectivity index is 0.000000230. The van der Waals surface area contributed by atoms with Crippen molar-refractivity contribution in [2.45, 2.75) is 38.6 Å². The average molecular weight is 458 g/mol. The first-order valence-corrected chi connectivity index (χ1v) is 11.5. The topological polar surface area (TPSA) is 60.5 Å². The second-order valence-electron chi connectivity index (χ2n) is 8.63. The fourth-order valence-electron chi connectivity index (χ4n) is 4.45. The first-order valence-electron chi connectivity index (χ1n) is 11.1. The van der Waals surface area contributed by atoms with Crippen LogP contribution in [-0.4, -0.2) is 35.6 Å². The molecule has 0 bridgehead atoms. The summed E-state index contributed by atoms with van der Waals surface area (Å²) in [5.41, 5.74) is 8.10. The number of halogens is 2. The number of benzene rings is 2. The van der Waals surface area contributed by atoms with Gasteiger partial charge in [-0.05, 0) is 56.3 Å². The second-order valence-corrected chi connectivity index (χ2v) is 9.04. The average Bonchev–Trinajstić information content (AvgIpc) is 3.09. The molecule has 3 aromatic rings. The van der Waals surface area contributed by atoms with Gasteiger partial charge >= 0.3 is 0 Å². The Kier molecular flexibility index (Phi) is 7.01. The number of primary amides is 1. The molecule has 0 saturated heterocycles. The predicted octanol–water partition coefficient (Wildman–Crippen LogP) is 5.30. The van der Waals surface area contributed by atoms with Crippen molar-refractivity contribution in [1.82, 2.24) is 9.47 Å². The summed E-state index contributed by atoms with van der Waals surface area (Å²) < 4.78 is 21.2. The third kappa shape index (κ3) is 5.08. The van der Waals surface area contributed by atoms with E-state index >= 15 is 0 Å². The molecule has 5 nitrogen and oxygen atoms in total. The van der Waals surface area contributed by atoms with E-state index in [1.807, 2.05) is 22.9 Å². The van der Waals surface area contributed by atoms with Crippen molar-refractivity contribution in [3.8, 4) is 11.4 Å². The number of hydrogen-bond donors (Lipinski definition) is 1. The first kappa shape index (κ1) is 22.6. The summed E-state index contributed by atoms with van der Waals surface area (Å²) in [6.07, 6.45) is 7.64. The number of rotatable bonds is 2. The van der Waals surface area contributed by atoms with E-state index in [-0.39, 0.29) is 17.6 Å². The Bertz CT molecular complexity index is 1110. The van der Waals surface area contributed by atoms with Crippen LogP contribution in [0.5, 0.6) is 5.75 Å². The Labute approximate surface area is 192 Å². The third-order valence-corrected chi connectivity index (χ3v) is 6.48. The maximum Gasteiger partial charge on any atom is 0.220 e. The molecular weight excluding hydrogens is 429 g/mol. The van der Waals surface area contributed by atoms with E-state index < -0.39 is 0 Å². The van der Waals surface area contributed by atoms with Crippen LogP contribution in [0.25, 0.3) is 16.6 Å². The molecule has 1 aromatic heterocycles. The molecular formula is C25H29ClFN3O2. The van der Waals surface area contributed by atoms with Crippen molar-refractivity contribution in [2.75, 3.05) is 20.2 Å². The van der Waals surface area contributed by atoms with Crippen LogP contribution in [0.4, 0.5) is 4.39 Å². The molecule has 0 atom stereocenters. The molecule has 0 unspecified atom stereocenters. The van der Waals surface area contributed by atoms with Gasteiger partial charge in [-0.2, -0.15) is 0 Å². The van der Waals surface area contributed by atoms with Crippen molar-refractivity contribution in [3.05, 3.63) is 59.0 Å². The molecule has 0 spiro atoms. The molecule has 2 heterocycles. The van der Waals surface area contributed by atoms with Gasteiger partial charge in [0.25, 0.3) is 0 Å². The predicted molar refractivity (Wildman–Crippen MR) is 126 cm³/mol. The summed E-state index contributed by atoms with van der Waals surface area (Å²) in [5, 5.41) is 1.47. The summed E-state index contributed by atoms with van der Waals surface area (Å²) in [5.74, 6) is 0.626. The number of ether oxygens (including phenoxy) is 1. The highest BCUT2D eigenvalue weighted by Gasteiger charge is 2.18. The van der Waals surface area contributed by atoms with Gasteiger partial charge in [0, 0.05) is 41.8 Å². The van der Waals surface area contributed by atoms with E-state index in [4.69, 9.17) is 22.1 Å². The van der Waals surface area contributed by atoms with Gasteiger partial charge < -0.3 is 15.0 Å². The van der Waals surface area contributed by atoms with E-state index in [1.165, 1.54) is 31.4 Å². The number of hydrogen-bond acceptors (Lipinski definition) is 3. The number of nitrogens with zero attached hydrogens (tertiary/aromatic N) is 2. The highest BCUT2D eigenvalue weighted by molar-refractivity contribution is 6.32. The molecule has 2 aromatic carbocycles. The summed E-state index contributed by atoms with van der Waals surface area (Å²) in [4.78, 5) is 12.8. The number of amides is 1. The van der Waals surface area contributed by atoms with Crippen LogP contribution in [-0.2, 0) is 11.3 Å². The highest BCUT2D eigenvalue weighted by atomic mass is 35.5. The Hall–Kier alpha value is -2.57. The standard InChI is InChI=1S/C18H16ClFN2O.C7H13NO/c1-21-6-7-23-18-13(11-21)9-15(10-16(18)19)22-5-4-12-8-14(20)2-3-17(12)22;8-7(9)6-4-2-1-3-5-6/h2-5,8-10H,6-7,11H2,1H3;6H,1-5H2,(H2,8,9). The maximum atomic E-state index is 13.4. The van der Waals surface area contributed by atoms with Crippen molar-refractivity contribution < 1.29 is 13.9 Å². The smallest absolute Gasteiger partial charge is 0.220 e. The van der Waals surface area contributed by atoms with Crippen LogP contribution in [0.15, 0.2) is 42.6 Å². The lowest BCUT2D eigenvalue weighted by atomic mass is 9.89. The van der Waals surface area contributed by atoms with E-state index in [1.54, 1.807) is 6.07 Å². The number of likely N-dealkylation sites (N-methyl/N-ethyl adjacent to an activating group) is 1. The zero-order valence-electron chi connectivity index (χ0n) is 18.3. The number of carbonyl (C=O) groups excluding carboxylic acids is 1. The normalized spacial score (nSPS) is 17.1. The molecule has 1 aliphatic heterocycles. The molecule has 1 aliphatic carbocycles. The molecule has 1 fully saturated rings. The number of fused-ring (bicyclic) bond motifs is 2. The minimum Gasteiger partial charge on any atom is -0.490 e. The van der Waals surface area contributed by atoms with Crippen LogP contribution < -0.4 is 10.5 Å². The van der Waals surface area contributed by atoms with Gasteiger partial charge in [-0.25, -0.2) is 4.39 Å². The van der Waals surface area contributed by atoms with E-state index in [2.05, 4.69) is 18.0 Å². The van der Waals surface area contributed by atoms with Gasteiger partial charge in [0.15, 0.2) is 0 Å². The number of aromatic nitrogens is 1. The lowest BCUT2D eigenvalue weighted by Crippen LogP contribution is -2.24. The fraction of sp³-hybridized carbons (Fsp3) is 0.400. The quantitative estimate of drug-likeness (QED) is 0.568. The van der Waals surface area contributed by atoms with Crippen LogP contribution in [0, 0.1) is 11.7 Å². The minimum absolute atomic E-state index is 0.102. The summed E-state index contributed by atoms with van der Waals surface area (Å²) in [7, 11) is 2.06. The van der Waals surface area contributed by atoms with Gasteiger partial charge in [0.05, 0.1) is 10.5 Å². The van der Waals surface area contributed by atoms with Crippen molar-refractivity contribution in [3.63, 3.8) is 0 Å². The first-order chi connectivity index (χ1) is 15.4. The van der Waals surface area contributed by atoms with Crippen molar-refractivity contribution in [2.24, 2.45) is 11.7 Å². The van der Waals surface area contributed by atoms with Gasteiger partial charge in [-0.1, -0.05) is 30.9 Å². The molecule has 32 heavy (non-hydrogen) atoms. The van der Waals surface area contributed by atoms with Gasteiger partial charge in [-0.15, -0.1) is 0 Å². The van der Waals surface area contributed by atoms with Gasteiger partial charge in [-0.3, -0.25) is 9.69 Å². The molecule has 170 valence electrons. The summed E-state index contributed by atoms with van der Waals surface area (Å²) in [6, 6.07) is 10.7. The Morgan fingerprint density at radius 1 is 1.16 bits per heavy atom. The van der Waals surface area contributed by atoms with Crippen LogP contribution >= 0.6 is 11.6 Å². The largest absolute Gasteiger partial charge is 0.490 e. The van der Waals surface area contributed by atoms with Crippen LogP contribution in [0.1, 0.15) is 37.7 Å². The fourth-order valence-corrected chi connectivity index (χ4v) is 4.74. The highest BCUT2D eigenvalue weighted by Crippen LogP contribution is 2.35. The zero-order chi connectivity index (χ0) is 22.7. The number of carbonyl (C=O) groups is 1. The molecule has 1 amide bonds. The van der Waals surface area contributed by atoms with Crippen molar-refractivity contribution >= 4 is 28.4 Å². The van der Waals surface area contributed by atoms with E-state index in [0.717, 1.165) is 53.8 Å². The molecule has 7 heteroatoms. The second kappa shape index (κ2) is 9.92. The molecule has 2 aliphatic rings. The maximum absolute atomic E-state index is 13.4. The third-order valence-electron chi connectivity index (χ3n) is 6.20. The van der Waals surface area contributed by atoms with Gasteiger partial charge in [0.1, 0.15) is 18.2 Å². The molecule has 2 N–H and O–H groups in total.